The van der Waals surface area contributed by atoms with Crippen molar-refractivity contribution in [3.05, 3.63) is 18.1 Å². The molecule has 1 aromatic rings. The summed E-state index contributed by atoms with van der Waals surface area (Å²) in [5, 5.41) is 5.68. The largest absolute Gasteiger partial charge is 0.372 e. The van der Waals surface area contributed by atoms with Crippen LogP contribution in [0.3, 0.4) is 0 Å². The Morgan fingerprint density at radius 2 is 2.00 bits per heavy atom. The van der Waals surface area contributed by atoms with E-state index in [4.69, 9.17) is 0 Å². The lowest BCUT2D eigenvalue weighted by Gasteiger charge is -2.17. The van der Waals surface area contributed by atoms with Crippen molar-refractivity contribution in [3.63, 3.8) is 0 Å². The second-order valence-corrected chi connectivity index (χ2v) is 5.10. The van der Waals surface area contributed by atoms with Crippen LogP contribution in [0.1, 0.15) is 37.7 Å². The molecular formula is C12H20N4O. The number of amides is 1. The Morgan fingerprint density at radius 1 is 1.29 bits per heavy atom. The lowest BCUT2D eigenvalue weighted by atomic mass is 9.92. The second kappa shape index (κ2) is 5.61. The summed E-state index contributed by atoms with van der Waals surface area (Å²) in [4.78, 5) is 19.8. The molecule has 5 nitrogen and oxygen atoms in total. The average molecular weight is 236 g/mol. The maximum absolute atomic E-state index is 11.7. The van der Waals surface area contributed by atoms with Gasteiger partial charge in [0.2, 0.25) is 0 Å². The highest BCUT2D eigenvalue weighted by Crippen LogP contribution is 2.16. The molecule has 17 heavy (non-hydrogen) atoms. The number of aromatic nitrogens is 2. The summed E-state index contributed by atoms with van der Waals surface area (Å²) in [5.41, 5.74) is 0.562. The van der Waals surface area contributed by atoms with Gasteiger partial charge in [-0.1, -0.05) is 20.8 Å². The van der Waals surface area contributed by atoms with Gasteiger partial charge >= 0.3 is 0 Å². The minimum atomic E-state index is -0.176. The number of rotatable bonds is 4. The normalized spacial score (nSPS) is 11.1. The van der Waals surface area contributed by atoms with Gasteiger partial charge < -0.3 is 10.6 Å². The van der Waals surface area contributed by atoms with Gasteiger partial charge in [-0.15, -0.1) is 0 Å². The van der Waals surface area contributed by atoms with Crippen LogP contribution in [-0.4, -0.2) is 29.5 Å². The average Bonchev–Trinajstić information content (AvgIpc) is 2.27. The number of nitrogens with zero attached hydrogens (tertiary/aromatic N) is 2. The van der Waals surface area contributed by atoms with E-state index in [0.29, 0.717) is 18.1 Å². The SMILES string of the molecule is CNc1cnc(C(=O)NCCC(C)(C)C)cn1. The molecule has 94 valence electrons. The van der Waals surface area contributed by atoms with Gasteiger partial charge in [0.1, 0.15) is 11.5 Å². The van der Waals surface area contributed by atoms with Crippen LogP contribution in [-0.2, 0) is 0 Å². The Hall–Kier alpha value is -1.65. The fraction of sp³-hybridized carbons (Fsp3) is 0.583. The van der Waals surface area contributed by atoms with Crippen LogP contribution in [0.25, 0.3) is 0 Å². The summed E-state index contributed by atoms with van der Waals surface area (Å²) < 4.78 is 0. The van der Waals surface area contributed by atoms with E-state index in [0.717, 1.165) is 6.42 Å². The molecule has 0 radical (unpaired) electrons. The summed E-state index contributed by atoms with van der Waals surface area (Å²) in [6.07, 6.45) is 3.94. The minimum absolute atomic E-state index is 0.176. The van der Waals surface area contributed by atoms with E-state index in [1.807, 2.05) is 0 Å². The molecule has 0 atom stereocenters. The smallest absolute Gasteiger partial charge is 0.271 e. The molecule has 0 spiro atoms. The van der Waals surface area contributed by atoms with Gasteiger partial charge in [-0.05, 0) is 11.8 Å². The van der Waals surface area contributed by atoms with Crippen molar-refractivity contribution in [1.82, 2.24) is 15.3 Å². The van der Waals surface area contributed by atoms with Crippen LogP contribution in [0.4, 0.5) is 5.82 Å². The maximum Gasteiger partial charge on any atom is 0.271 e. The molecule has 0 bridgehead atoms. The first-order valence-electron chi connectivity index (χ1n) is 5.70. The summed E-state index contributed by atoms with van der Waals surface area (Å²) in [6.45, 7) is 7.07. The summed E-state index contributed by atoms with van der Waals surface area (Å²) >= 11 is 0. The fourth-order valence-corrected chi connectivity index (χ4v) is 1.22. The van der Waals surface area contributed by atoms with Gasteiger partial charge in [0, 0.05) is 13.6 Å². The van der Waals surface area contributed by atoms with Crippen molar-refractivity contribution in [2.45, 2.75) is 27.2 Å². The summed E-state index contributed by atoms with van der Waals surface area (Å²) in [5.74, 6) is 0.473. The third-order valence-corrected chi connectivity index (χ3v) is 2.30. The molecule has 0 unspecified atom stereocenters. The lowest BCUT2D eigenvalue weighted by Crippen LogP contribution is -2.28. The monoisotopic (exact) mass is 236 g/mol. The molecule has 0 saturated heterocycles. The molecule has 0 aliphatic rings. The van der Waals surface area contributed by atoms with Crippen molar-refractivity contribution in [1.29, 1.82) is 0 Å². The molecular weight excluding hydrogens is 216 g/mol. The molecule has 0 aliphatic carbocycles. The minimum Gasteiger partial charge on any atom is -0.372 e. The van der Waals surface area contributed by atoms with Gasteiger partial charge in [0.15, 0.2) is 0 Å². The predicted octanol–water partition coefficient (Wildman–Crippen LogP) is 1.68. The van der Waals surface area contributed by atoms with E-state index < -0.39 is 0 Å². The van der Waals surface area contributed by atoms with Crippen LogP contribution in [0.15, 0.2) is 12.4 Å². The third-order valence-electron chi connectivity index (χ3n) is 2.30. The lowest BCUT2D eigenvalue weighted by molar-refractivity contribution is 0.0944. The second-order valence-electron chi connectivity index (χ2n) is 5.10. The van der Waals surface area contributed by atoms with Crippen molar-refractivity contribution in [2.24, 2.45) is 5.41 Å². The van der Waals surface area contributed by atoms with Crippen LogP contribution in [0.2, 0.25) is 0 Å². The Bertz CT molecular complexity index is 367. The number of carbonyl (C=O) groups is 1. The molecule has 1 aromatic heterocycles. The zero-order valence-electron chi connectivity index (χ0n) is 10.9. The van der Waals surface area contributed by atoms with Gasteiger partial charge in [-0.3, -0.25) is 4.79 Å². The van der Waals surface area contributed by atoms with Crippen LogP contribution in [0, 0.1) is 5.41 Å². The zero-order chi connectivity index (χ0) is 12.9. The maximum atomic E-state index is 11.7. The predicted molar refractivity (Wildman–Crippen MR) is 68.0 cm³/mol. The highest BCUT2D eigenvalue weighted by Gasteiger charge is 2.12. The quantitative estimate of drug-likeness (QED) is 0.834. The van der Waals surface area contributed by atoms with E-state index in [-0.39, 0.29) is 11.3 Å². The van der Waals surface area contributed by atoms with E-state index in [1.54, 1.807) is 13.2 Å². The number of carbonyl (C=O) groups excluding carboxylic acids is 1. The molecule has 2 N–H and O–H groups in total. The van der Waals surface area contributed by atoms with Gasteiger partial charge in [0.05, 0.1) is 12.4 Å². The van der Waals surface area contributed by atoms with Crippen molar-refractivity contribution >= 4 is 11.7 Å². The third kappa shape index (κ3) is 4.80. The first-order valence-corrected chi connectivity index (χ1v) is 5.70. The molecule has 0 saturated carbocycles. The standard InChI is InChI=1S/C12H20N4O/c1-12(2,3)5-6-14-11(17)9-7-16-10(13-4)8-15-9/h7-8H,5-6H2,1-4H3,(H,13,16)(H,14,17). The molecule has 0 aromatic carbocycles. The summed E-state index contributed by atoms with van der Waals surface area (Å²) in [7, 11) is 1.76. The van der Waals surface area contributed by atoms with E-state index >= 15 is 0 Å². The number of hydrogen-bond donors (Lipinski definition) is 2. The molecule has 0 aliphatic heterocycles. The number of hydrogen-bond acceptors (Lipinski definition) is 4. The topological polar surface area (TPSA) is 66.9 Å². The Balaban J connectivity index is 2.47. The molecule has 1 heterocycles. The van der Waals surface area contributed by atoms with Gasteiger partial charge in [-0.2, -0.15) is 0 Å². The van der Waals surface area contributed by atoms with Crippen molar-refractivity contribution < 1.29 is 4.79 Å². The Morgan fingerprint density at radius 3 is 2.47 bits per heavy atom. The van der Waals surface area contributed by atoms with Gasteiger partial charge in [-0.25, -0.2) is 9.97 Å². The number of anilines is 1. The zero-order valence-corrected chi connectivity index (χ0v) is 10.9. The highest BCUT2D eigenvalue weighted by molar-refractivity contribution is 5.91. The number of nitrogens with one attached hydrogen (secondary N) is 2. The van der Waals surface area contributed by atoms with E-state index in [1.165, 1.54) is 6.20 Å². The van der Waals surface area contributed by atoms with Crippen LogP contribution >= 0.6 is 0 Å². The molecule has 1 rings (SSSR count). The highest BCUT2D eigenvalue weighted by atomic mass is 16.1. The molecule has 0 fully saturated rings. The van der Waals surface area contributed by atoms with Crippen LogP contribution in [0.5, 0.6) is 0 Å². The Kier molecular flexibility index (Phi) is 4.43. The van der Waals surface area contributed by atoms with Crippen molar-refractivity contribution in [3.8, 4) is 0 Å². The van der Waals surface area contributed by atoms with Crippen LogP contribution < -0.4 is 10.6 Å². The molecule has 5 heteroatoms. The Labute approximate surface area is 102 Å². The molecule has 1 amide bonds. The van der Waals surface area contributed by atoms with E-state index in [9.17, 15) is 4.79 Å². The summed E-state index contributed by atoms with van der Waals surface area (Å²) in [6, 6.07) is 0. The van der Waals surface area contributed by atoms with Crippen molar-refractivity contribution in [2.75, 3.05) is 18.9 Å². The first-order chi connectivity index (χ1) is 7.92. The van der Waals surface area contributed by atoms with E-state index in [2.05, 4.69) is 41.4 Å². The fourth-order valence-electron chi connectivity index (χ4n) is 1.22. The van der Waals surface area contributed by atoms with Gasteiger partial charge in [0.25, 0.3) is 5.91 Å². The first kappa shape index (κ1) is 13.4.